The number of imidazole rings is 1. The predicted octanol–water partition coefficient (Wildman–Crippen LogP) is 1.61. The van der Waals surface area contributed by atoms with Gasteiger partial charge in [-0.05, 0) is 12.1 Å². The molecule has 5 heteroatoms. The molecule has 0 bridgehead atoms. The number of rotatable bonds is 4. The van der Waals surface area contributed by atoms with Crippen molar-refractivity contribution in [2.45, 2.75) is 10.4 Å². The first kappa shape index (κ1) is 11.2. The van der Waals surface area contributed by atoms with Crippen molar-refractivity contribution in [1.29, 1.82) is 0 Å². The van der Waals surface area contributed by atoms with Gasteiger partial charge in [-0.2, -0.15) is 0 Å². The molecule has 0 amide bonds. The number of thioether (sulfide) groups is 1. The lowest BCUT2D eigenvalue weighted by Crippen LogP contribution is -2.11. The fourth-order valence-electron chi connectivity index (χ4n) is 1.39. The van der Waals surface area contributed by atoms with Gasteiger partial charge in [0.15, 0.2) is 5.16 Å². The van der Waals surface area contributed by atoms with E-state index in [0.29, 0.717) is 6.54 Å². The molecule has 0 aromatic carbocycles. The highest BCUT2D eigenvalue weighted by Gasteiger charge is 2.14. The van der Waals surface area contributed by atoms with Crippen LogP contribution in [0.3, 0.4) is 0 Å². The maximum atomic E-state index is 5.77. The lowest BCUT2D eigenvalue weighted by Gasteiger charge is -2.12. The lowest BCUT2D eigenvalue weighted by molar-refractivity contribution is 0.780. The Hall–Kier alpha value is -1.33. The van der Waals surface area contributed by atoms with Gasteiger partial charge < -0.3 is 10.3 Å². The van der Waals surface area contributed by atoms with Crippen LogP contribution in [-0.2, 0) is 7.05 Å². The van der Waals surface area contributed by atoms with Crippen LogP contribution in [0.1, 0.15) is 10.9 Å². The zero-order chi connectivity index (χ0) is 11.4. The highest BCUT2D eigenvalue weighted by Crippen LogP contribution is 2.31. The summed E-state index contributed by atoms with van der Waals surface area (Å²) in [6.07, 6.45) is 5.50. The van der Waals surface area contributed by atoms with Gasteiger partial charge in [-0.3, -0.25) is 4.98 Å². The second-order valence-corrected chi connectivity index (χ2v) is 4.59. The van der Waals surface area contributed by atoms with Gasteiger partial charge in [-0.15, -0.1) is 0 Å². The van der Waals surface area contributed by atoms with Crippen molar-refractivity contribution in [3.63, 3.8) is 0 Å². The Morgan fingerprint density at radius 1 is 1.38 bits per heavy atom. The van der Waals surface area contributed by atoms with Gasteiger partial charge in [0.05, 0.1) is 10.9 Å². The van der Waals surface area contributed by atoms with Crippen molar-refractivity contribution in [3.8, 4) is 0 Å². The Bertz CT molecular complexity index is 440. The van der Waals surface area contributed by atoms with Gasteiger partial charge >= 0.3 is 0 Å². The van der Waals surface area contributed by atoms with E-state index in [0.717, 1.165) is 10.9 Å². The quantitative estimate of drug-likeness (QED) is 0.816. The van der Waals surface area contributed by atoms with Crippen molar-refractivity contribution >= 4 is 11.8 Å². The van der Waals surface area contributed by atoms with E-state index in [4.69, 9.17) is 5.73 Å². The topological polar surface area (TPSA) is 56.7 Å². The summed E-state index contributed by atoms with van der Waals surface area (Å²) in [6, 6.07) is 5.87. The number of aryl methyl sites for hydroxylation is 1. The van der Waals surface area contributed by atoms with Crippen LogP contribution >= 0.6 is 11.8 Å². The van der Waals surface area contributed by atoms with Crippen LogP contribution in [0.5, 0.6) is 0 Å². The second kappa shape index (κ2) is 5.14. The molecule has 0 saturated carbocycles. The van der Waals surface area contributed by atoms with E-state index in [-0.39, 0.29) is 5.25 Å². The van der Waals surface area contributed by atoms with E-state index in [1.807, 2.05) is 36.0 Å². The molecular formula is C11H14N4S. The highest BCUT2D eigenvalue weighted by molar-refractivity contribution is 7.99. The molecule has 2 heterocycles. The second-order valence-electron chi connectivity index (χ2n) is 3.42. The first-order valence-corrected chi connectivity index (χ1v) is 5.94. The minimum Gasteiger partial charge on any atom is -0.329 e. The van der Waals surface area contributed by atoms with Crippen LogP contribution in [0, 0.1) is 0 Å². The smallest absolute Gasteiger partial charge is 0.168 e. The molecule has 2 N–H and O–H groups in total. The maximum absolute atomic E-state index is 5.77. The molecule has 0 aliphatic carbocycles. The van der Waals surface area contributed by atoms with E-state index in [9.17, 15) is 0 Å². The normalized spacial score (nSPS) is 12.6. The van der Waals surface area contributed by atoms with Crippen LogP contribution in [0.25, 0.3) is 0 Å². The summed E-state index contributed by atoms with van der Waals surface area (Å²) in [4.78, 5) is 8.59. The number of nitrogens with two attached hydrogens (primary N) is 1. The Labute approximate surface area is 98.9 Å². The Kier molecular flexibility index (Phi) is 3.58. The molecule has 1 unspecified atom stereocenters. The van der Waals surface area contributed by atoms with Crippen molar-refractivity contribution < 1.29 is 0 Å². The van der Waals surface area contributed by atoms with Gasteiger partial charge in [-0.1, -0.05) is 17.8 Å². The Balaban J connectivity index is 2.16. The summed E-state index contributed by atoms with van der Waals surface area (Å²) in [5.74, 6) is 0. The van der Waals surface area contributed by atoms with Crippen LogP contribution in [0.4, 0.5) is 0 Å². The van der Waals surface area contributed by atoms with Gasteiger partial charge in [0.2, 0.25) is 0 Å². The van der Waals surface area contributed by atoms with Gasteiger partial charge in [0.1, 0.15) is 0 Å². The maximum Gasteiger partial charge on any atom is 0.168 e. The van der Waals surface area contributed by atoms with Crippen molar-refractivity contribution in [2.24, 2.45) is 12.8 Å². The summed E-state index contributed by atoms with van der Waals surface area (Å²) < 4.78 is 1.98. The molecule has 0 aliphatic heterocycles. The summed E-state index contributed by atoms with van der Waals surface area (Å²) in [6.45, 7) is 0.550. The zero-order valence-electron chi connectivity index (χ0n) is 9.08. The van der Waals surface area contributed by atoms with E-state index in [1.54, 1.807) is 24.2 Å². The molecule has 2 rings (SSSR count). The van der Waals surface area contributed by atoms with Crippen molar-refractivity contribution in [2.75, 3.05) is 6.54 Å². The minimum atomic E-state index is 0.155. The number of aromatic nitrogens is 3. The van der Waals surface area contributed by atoms with Crippen LogP contribution in [0.15, 0.2) is 41.9 Å². The molecule has 0 saturated heterocycles. The highest BCUT2D eigenvalue weighted by atomic mass is 32.2. The van der Waals surface area contributed by atoms with Crippen molar-refractivity contribution in [3.05, 3.63) is 42.5 Å². The third kappa shape index (κ3) is 2.43. The molecule has 2 aromatic heterocycles. The SMILES string of the molecule is Cn1ccnc1SC(CN)c1ccccn1. The molecule has 1 atom stereocenters. The average Bonchev–Trinajstić information content (AvgIpc) is 2.73. The first-order valence-electron chi connectivity index (χ1n) is 5.06. The van der Waals surface area contributed by atoms with Gasteiger partial charge in [-0.25, -0.2) is 4.98 Å². The lowest BCUT2D eigenvalue weighted by atomic mass is 10.3. The molecule has 16 heavy (non-hydrogen) atoms. The first-order chi connectivity index (χ1) is 7.81. The predicted molar refractivity (Wildman–Crippen MR) is 65.1 cm³/mol. The molecule has 0 fully saturated rings. The minimum absolute atomic E-state index is 0.155. The number of nitrogens with zero attached hydrogens (tertiary/aromatic N) is 3. The summed E-state index contributed by atoms with van der Waals surface area (Å²) in [5.41, 5.74) is 6.77. The van der Waals surface area contributed by atoms with Crippen LogP contribution in [-0.4, -0.2) is 21.1 Å². The number of pyridine rings is 1. The molecule has 0 aliphatic rings. The zero-order valence-corrected chi connectivity index (χ0v) is 9.89. The van der Waals surface area contributed by atoms with Crippen LogP contribution in [0.2, 0.25) is 0 Å². The number of hydrogen-bond acceptors (Lipinski definition) is 4. The van der Waals surface area contributed by atoms with E-state index in [1.165, 1.54) is 0 Å². The van der Waals surface area contributed by atoms with Crippen molar-refractivity contribution in [1.82, 2.24) is 14.5 Å². The average molecular weight is 234 g/mol. The Morgan fingerprint density at radius 2 is 2.25 bits per heavy atom. The molecular weight excluding hydrogens is 220 g/mol. The Morgan fingerprint density at radius 3 is 2.81 bits per heavy atom. The summed E-state index contributed by atoms with van der Waals surface area (Å²) >= 11 is 1.64. The van der Waals surface area contributed by atoms with Crippen LogP contribution < -0.4 is 5.73 Å². The van der Waals surface area contributed by atoms with E-state index >= 15 is 0 Å². The van der Waals surface area contributed by atoms with E-state index < -0.39 is 0 Å². The standard InChI is InChI=1S/C11H14N4S/c1-15-7-6-14-11(15)16-10(8-12)9-4-2-3-5-13-9/h2-7,10H,8,12H2,1H3. The van der Waals surface area contributed by atoms with Gasteiger partial charge in [0.25, 0.3) is 0 Å². The molecule has 2 aromatic rings. The molecule has 4 nitrogen and oxygen atoms in total. The summed E-state index contributed by atoms with van der Waals surface area (Å²) in [5, 5.41) is 1.11. The largest absolute Gasteiger partial charge is 0.329 e. The number of hydrogen-bond donors (Lipinski definition) is 1. The fraction of sp³-hybridized carbons (Fsp3) is 0.273. The molecule has 84 valence electrons. The monoisotopic (exact) mass is 234 g/mol. The fourth-order valence-corrected chi connectivity index (χ4v) is 2.35. The van der Waals surface area contributed by atoms with Gasteiger partial charge in [0, 0.05) is 32.2 Å². The molecule has 0 spiro atoms. The molecule has 0 radical (unpaired) electrons. The summed E-state index contributed by atoms with van der Waals surface area (Å²) in [7, 11) is 1.97. The third-order valence-corrected chi connectivity index (χ3v) is 3.58. The van der Waals surface area contributed by atoms with E-state index in [2.05, 4.69) is 9.97 Å². The third-order valence-electron chi connectivity index (χ3n) is 2.26.